The summed E-state index contributed by atoms with van der Waals surface area (Å²) in [5, 5.41) is 2.92. The molecule has 19 heavy (non-hydrogen) atoms. The van der Waals surface area contributed by atoms with E-state index in [0.29, 0.717) is 5.56 Å². The van der Waals surface area contributed by atoms with Crippen LogP contribution >= 0.6 is 15.9 Å². The van der Waals surface area contributed by atoms with E-state index in [4.69, 9.17) is 0 Å². The number of halogens is 1. The van der Waals surface area contributed by atoms with E-state index in [1.807, 2.05) is 30.3 Å². The molecule has 0 aromatic heterocycles. The van der Waals surface area contributed by atoms with Crippen LogP contribution in [0.3, 0.4) is 0 Å². The second-order valence-electron chi connectivity index (χ2n) is 4.46. The molecule has 0 bridgehead atoms. The molecule has 0 unspecified atom stereocenters. The van der Waals surface area contributed by atoms with Gasteiger partial charge in [-0.15, -0.1) is 0 Å². The van der Waals surface area contributed by atoms with E-state index in [2.05, 4.69) is 41.2 Å². The van der Waals surface area contributed by atoms with Gasteiger partial charge in [0.2, 0.25) is 0 Å². The van der Waals surface area contributed by atoms with Crippen molar-refractivity contribution in [3.8, 4) is 0 Å². The zero-order valence-corrected chi connectivity index (χ0v) is 12.6. The van der Waals surface area contributed by atoms with Crippen molar-refractivity contribution < 1.29 is 4.79 Å². The Bertz CT molecular complexity index is 607. The highest BCUT2D eigenvalue weighted by atomic mass is 79.9. The maximum atomic E-state index is 12.1. The van der Waals surface area contributed by atoms with Crippen LogP contribution in [0.4, 0.5) is 5.69 Å². The van der Waals surface area contributed by atoms with Crippen LogP contribution < -0.4 is 5.32 Å². The molecule has 98 valence electrons. The van der Waals surface area contributed by atoms with E-state index in [0.717, 1.165) is 16.6 Å². The lowest BCUT2D eigenvalue weighted by Crippen LogP contribution is -2.12. The summed E-state index contributed by atoms with van der Waals surface area (Å²) >= 11 is 3.37. The van der Waals surface area contributed by atoms with Crippen molar-refractivity contribution in [2.75, 3.05) is 5.32 Å². The Hall–Kier alpha value is -1.61. The number of aryl methyl sites for hydroxylation is 2. The fourth-order valence-electron chi connectivity index (χ4n) is 2.00. The first-order valence-electron chi connectivity index (χ1n) is 6.26. The Morgan fingerprint density at radius 1 is 1.21 bits per heavy atom. The molecular weight excluding hydrogens is 302 g/mol. The Morgan fingerprint density at radius 3 is 2.63 bits per heavy atom. The molecule has 0 aliphatic carbocycles. The van der Waals surface area contributed by atoms with Crippen LogP contribution in [-0.2, 0) is 6.42 Å². The van der Waals surface area contributed by atoms with E-state index >= 15 is 0 Å². The highest BCUT2D eigenvalue weighted by Gasteiger charge is 2.07. The summed E-state index contributed by atoms with van der Waals surface area (Å²) in [5.74, 6) is -0.0926. The predicted octanol–water partition coefficient (Wildman–Crippen LogP) is 4.57. The zero-order valence-electron chi connectivity index (χ0n) is 11.0. The van der Waals surface area contributed by atoms with Crippen molar-refractivity contribution in [3.63, 3.8) is 0 Å². The van der Waals surface area contributed by atoms with Gasteiger partial charge in [0.25, 0.3) is 5.91 Å². The van der Waals surface area contributed by atoms with Crippen LogP contribution in [0.1, 0.15) is 28.4 Å². The summed E-state index contributed by atoms with van der Waals surface area (Å²) in [6.45, 7) is 4.19. The number of benzene rings is 2. The zero-order chi connectivity index (χ0) is 13.8. The number of rotatable bonds is 3. The van der Waals surface area contributed by atoms with Gasteiger partial charge >= 0.3 is 0 Å². The predicted molar refractivity (Wildman–Crippen MR) is 82.7 cm³/mol. The smallest absolute Gasteiger partial charge is 0.255 e. The van der Waals surface area contributed by atoms with Gasteiger partial charge in [-0.2, -0.15) is 0 Å². The van der Waals surface area contributed by atoms with Gasteiger partial charge in [-0.05, 0) is 54.8 Å². The van der Waals surface area contributed by atoms with E-state index in [9.17, 15) is 4.79 Å². The van der Waals surface area contributed by atoms with Crippen LogP contribution in [0.2, 0.25) is 0 Å². The molecule has 2 rings (SSSR count). The highest BCUT2D eigenvalue weighted by Crippen LogP contribution is 2.17. The summed E-state index contributed by atoms with van der Waals surface area (Å²) in [5.41, 5.74) is 3.99. The molecular formula is C16H16BrNO. The average Bonchev–Trinajstić information content (AvgIpc) is 2.39. The molecule has 0 saturated heterocycles. The lowest BCUT2D eigenvalue weighted by atomic mass is 10.1. The molecule has 0 aliphatic heterocycles. The van der Waals surface area contributed by atoms with Crippen LogP contribution in [0.5, 0.6) is 0 Å². The van der Waals surface area contributed by atoms with E-state index in [1.165, 1.54) is 11.1 Å². The fraction of sp³-hybridized carbons (Fsp3) is 0.188. The van der Waals surface area contributed by atoms with Crippen LogP contribution in [0.15, 0.2) is 46.9 Å². The Morgan fingerprint density at radius 2 is 2.00 bits per heavy atom. The molecule has 0 radical (unpaired) electrons. The van der Waals surface area contributed by atoms with E-state index in [-0.39, 0.29) is 5.91 Å². The number of hydrogen-bond donors (Lipinski definition) is 1. The summed E-state index contributed by atoms with van der Waals surface area (Å²) in [7, 11) is 0. The minimum atomic E-state index is -0.0926. The summed E-state index contributed by atoms with van der Waals surface area (Å²) in [4.78, 5) is 12.1. The van der Waals surface area contributed by atoms with Gasteiger partial charge in [-0.1, -0.05) is 35.0 Å². The number of nitrogens with one attached hydrogen (secondary N) is 1. The monoisotopic (exact) mass is 317 g/mol. The van der Waals surface area contributed by atoms with Crippen molar-refractivity contribution in [1.29, 1.82) is 0 Å². The van der Waals surface area contributed by atoms with Gasteiger partial charge in [0.15, 0.2) is 0 Å². The Kier molecular flexibility index (Phi) is 4.38. The minimum absolute atomic E-state index is 0.0926. The summed E-state index contributed by atoms with van der Waals surface area (Å²) in [6.07, 6.45) is 1.01. The van der Waals surface area contributed by atoms with E-state index in [1.54, 1.807) is 6.07 Å². The normalized spacial score (nSPS) is 10.3. The second-order valence-corrected chi connectivity index (χ2v) is 5.37. The average molecular weight is 318 g/mol. The van der Waals surface area contributed by atoms with Crippen LogP contribution in [0.25, 0.3) is 0 Å². The van der Waals surface area contributed by atoms with Crippen molar-refractivity contribution in [3.05, 3.63) is 63.6 Å². The number of hydrogen-bond acceptors (Lipinski definition) is 1. The van der Waals surface area contributed by atoms with Crippen LogP contribution in [-0.4, -0.2) is 5.91 Å². The van der Waals surface area contributed by atoms with Crippen molar-refractivity contribution >= 4 is 27.5 Å². The summed E-state index contributed by atoms with van der Waals surface area (Å²) < 4.78 is 0.901. The third-order valence-electron chi connectivity index (χ3n) is 3.07. The van der Waals surface area contributed by atoms with Gasteiger partial charge in [0, 0.05) is 15.7 Å². The molecule has 0 atom stereocenters. The molecule has 0 spiro atoms. The lowest BCUT2D eigenvalue weighted by molar-refractivity contribution is 0.102. The Balaban J connectivity index is 2.17. The third kappa shape index (κ3) is 3.44. The number of carbonyl (C=O) groups is 1. The molecule has 2 aromatic rings. The molecule has 0 fully saturated rings. The maximum Gasteiger partial charge on any atom is 0.255 e. The molecule has 0 saturated carbocycles. The molecule has 1 amide bonds. The van der Waals surface area contributed by atoms with E-state index < -0.39 is 0 Å². The standard InChI is InChI=1S/C16H16BrNO/c1-3-12-7-8-15(9-11(12)2)18-16(19)13-5-4-6-14(17)10-13/h4-10H,3H2,1-2H3,(H,18,19). The van der Waals surface area contributed by atoms with Crippen LogP contribution in [0, 0.1) is 6.92 Å². The largest absolute Gasteiger partial charge is 0.322 e. The first kappa shape index (κ1) is 13.8. The van der Waals surface area contributed by atoms with Crippen molar-refractivity contribution in [2.24, 2.45) is 0 Å². The fourth-order valence-corrected chi connectivity index (χ4v) is 2.40. The first-order valence-corrected chi connectivity index (χ1v) is 7.06. The molecule has 0 aliphatic rings. The molecule has 1 N–H and O–H groups in total. The van der Waals surface area contributed by atoms with Crippen molar-refractivity contribution in [1.82, 2.24) is 0 Å². The Labute approximate surface area is 122 Å². The molecule has 2 nitrogen and oxygen atoms in total. The first-order chi connectivity index (χ1) is 9.10. The molecule has 2 aromatic carbocycles. The van der Waals surface area contributed by atoms with Gasteiger partial charge in [0.1, 0.15) is 0 Å². The van der Waals surface area contributed by atoms with Gasteiger partial charge in [-0.3, -0.25) is 4.79 Å². The van der Waals surface area contributed by atoms with Gasteiger partial charge in [0.05, 0.1) is 0 Å². The quantitative estimate of drug-likeness (QED) is 0.882. The highest BCUT2D eigenvalue weighted by molar-refractivity contribution is 9.10. The topological polar surface area (TPSA) is 29.1 Å². The van der Waals surface area contributed by atoms with Gasteiger partial charge in [-0.25, -0.2) is 0 Å². The molecule has 0 heterocycles. The summed E-state index contributed by atoms with van der Waals surface area (Å²) in [6, 6.07) is 13.4. The second kappa shape index (κ2) is 6.02. The minimum Gasteiger partial charge on any atom is -0.322 e. The molecule has 3 heteroatoms. The van der Waals surface area contributed by atoms with Gasteiger partial charge < -0.3 is 5.32 Å². The maximum absolute atomic E-state index is 12.1. The number of amides is 1. The number of anilines is 1. The SMILES string of the molecule is CCc1ccc(NC(=O)c2cccc(Br)c2)cc1C. The number of carbonyl (C=O) groups excluding carboxylic acids is 1. The lowest BCUT2D eigenvalue weighted by Gasteiger charge is -2.09. The third-order valence-corrected chi connectivity index (χ3v) is 3.56. The van der Waals surface area contributed by atoms with Crippen molar-refractivity contribution in [2.45, 2.75) is 20.3 Å².